The zero-order valence-electron chi connectivity index (χ0n) is 13.6. The molecule has 0 aromatic rings. The zero-order valence-corrected chi connectivity index (χ0v) is 14.4. The lowest BCUT2D eigenvalue weighted by atomic mass is 9.93. The minimum atomic E-state index is -0.00319. The van der Waals surface area contributed by atoms with Gasteiger partial charge < -0.3 is 15.4 Å². The maximum Gasteiger partial charge on any atom is 0.315 e. The van der Waals surface area contributed by atoms with Gasteiger partial charge in [0.2, 0.25) is 0 Å². The fraction of sp³-hybridized carbons (Fsp3) is 0.938. The first kappa shape index (κ1) is 16.9. The van der Waals surface area contributed by atoms with Crippen molar-refractivity contribution in [3.8, 4) is 0 Å². The van der Waals surface area contributed by atoms with Crippen molar-refractivity contribution >= 4 is 17.8 Å². The van der Waals surface area contributed by atoms with Crippen molar-refractivity contribution in [1.82, 2.24) is 10.6 Å². The van der Waals surface area contributed by atoms with E-state index in [1.165, 1.54) is 12.2 Å². The van der Waals surface area contributed by atoms with E-state index in [9.17, 15) is 4.79 Å². The van der Waals surface area contributed by atoms with Gasteiger partial charge in [-0.05, 0) is 37.4 Å². The molecule has 1 saturated carbocycles. The molecule has 1 aliphatic carbocycles. The average Bonchev–Trinajstić information content (AvgIpc) is 3.06. The van der Waals surface area contributed by atoms with Gasteiger partial charge in [0.25, 0.3) is 0 Å². The number of hydrogen-bond donors (Lipinski definition) is 2. The Labute approximate surface area is 133 Å². The van der Waals surface area contributed by atoms with Gasteiger partial charge in [-0.2, -0.15) is 11.8 Å². The van der Waals surface area contributed by atoms with E-state index in [0.717, 1.165) is 37.7 Å². The summed E-state index contributed by atoms with van der Waals surface area (Å²) in [7, 11) is 0. The molecule has 0 unspecified atom stereocenters. The lowest BCUT2D eigenvalue weighted by Gasteiger charge is -2.22. The lowest BCUT2D eigenvalue weighted by Crippen LogP contribution is -2.44. The largest absolute Gasteiger partial charge is 0.378 e. The lowest BCUT2D eigenvalue weighted by molar-refractivity contribution is 0.0545. The predicted molar refractivity (Wildman–Crippen MR) is 88.8 cm³/mol. The Morgan fingerprint density at radius 2 is 2.14 bits per heavy atom. The van der Waals surface area contributed by atoms with Crippen molar-refractivity contribution in [3.63, 3.8) is 0 Å². The number of rotatable bonds is 6. The van der Waals surface area contributed by atoms with E-state index in [0.29, 0.717) is 24.0 Å². The molecule has 1 heterocycles. The van der Waals surface area contributed by atoms with Gasteiger partial charge in [0.1, 0.15) is 0 Å². The first-order chi connectivity index (χ1) is 10.1. The Bertz CT molecular complexity index is 338. The van der Waals surface area contributed by atoms with Gasteiger partial charge in [-0.25, -0.2) is 4.79 Å². The topological polar surface area (TPSA) is 50.4 Å². The highest BCUT2D eigenvalue weighted by molar-refractivity contribution is 7.99. The molecular weight excluding hydrogens is 284 g/mol. The van der Waals surface area contributed by atoms with Crippen LogP contribution in [0, 0.1) is 11.8 Å². The summed E-state index contributed by atoms with van der Waals surface area (Å²) in [4.78, 5) is 12.0. The highest BCUT2D eigenvalue weighted by Gasteiger charge is 2.31. The van der Waals surface area contributed by atoms with Crippen LogP contribution in [0.5, 0.6) is 0 Å². The molecule has 4 nitrogen and oxygen atoms in total. The summed E-state index contributed by atoms with van der Waals surface area (Å²) in [5.41, 5.74) is 0. The molecular formula is C16H30N2O2S. The van der Waals surface area contributed by atoms with Gasteiger partial charge in [0.15, 0.2) is 0 Å². The van der Waals surface area contributed by atoms with Crippen LogP contribution in [-0.2, 0) is 4.74 Å². The summed E-state index contributed by atoms with van der Waals surface area (Å²) in [6, 6.07) is 0.353. The minimum Gasteiger partial charge on any atom is -0.378 e. The molecule has 0 radical (unpaired) electrons. The summed E-state index contributed by atoms with van der Waals surface area (Å²) in [6.07, 6.45) is 4.82. The van der Waals surface area contributed by atoms with Crippen molar-refractivity contribution in [3.05, 3.63) is 0 Å². The third-order valence-corrected chi connectivity index (χ3v) is 5.80. The smallest absolute Gasteiger partial charge is 0.315 e. The van der Waals surface area contributed by atoms with Gasteiger partial charge in [0, 0.05) is 30.4 Å². The summed E-state index contributed by atoms with van der Waals surface area (Å²) in [6.45, 7) is 8.14. The maximum atomic E-state index is 12.0. The van der Waals surface area contributed by atoms with E-state index in [1.54, 1.807) is 0 Å². The van der Waals surface area contributed by atoms with Crippen LogP contribution in [0.25, 0.3) is 0 Å². The average molecular weight is 314 g/mol. The molecule has 2 amide bonds. The monoisotopic (exact) mass is 314 g/mol. The van der Waals surface area contributed by atoms with E-state index in [4.69, 9.17) is 4.74 Å². The predicted octanol–water partition coefficient (Wildman–Crippen LogP) is 3.02. The highest BCUT2D eigenvalue weighted by Crippen LogP contribution is 2.29. The SMILES string of the molecule is CCS[C@@H]1CC[C@H](NC(=O)NC[C@H]2CCO[C@H]2C(C)C)C1. The zero-order chi connectivity index (χ0) is 15.2. The van der Waals surface area contributed by atoms with Crippen molar-refractivity contribution in [2.24, 2.45) is 11.8 Å². The molecule has 2 aliphatic rings. The van der Waals surface area contributed by atoms with E-state index in [-0.39, 0.29) is 6.03 Å². The minimum absolute atomic E-state index is 0.00319. The Kier molecular flexibility index (Phi) is 6.68. The Morgan fingerprint density at radius 1 is 1.33 bits per heavy atom. The second-order valence-corrected chi connectivity index (χ2v) is 8.15. The molecule has 0 spiro atoms. The summed E-state index contributed by atoms with van der Waals surface area (Å²) < 4.78 is 5.76. The van der Waals surface area contributed by atoms with Crippen LogP contribution in [0.15, 0.2) is 0 Å². The van der Waals surface area contributed by atoms with Crippen LogP contribution in [0.4, 0.5) is 4.79 Å². The summed E-state index contributed by atoms with van der Waals surface area (Å²) >= 11 is 2.02. The molecule has 5 heteroatoms. The van der Waals surface area contributed by atoms with Gasteiger partial charge in [0.05, 0.1) is 6.10 Å². The number of ether oxygens (including phenoxy) is 1. The quantitative estimate of drug-likeness (QED) is 0.792. The van der Waals surface area contributed by atoms with Gasteiger partial charge in [-0.1, -0.05) is 20.8 Å². The molecule has 2 rings (SSSR count). The van der Waals surface area contributed by atoms with Crippen molar-refractivity contribution in [1.29, 1.82) is 0 Å². The molecule has 4 atom stereocenters. The molecule has 0 aromatic heterocycles. The van der Waals surface area contributed by atoms with Crippen molar-refractivity contribution < 1.29 is 9.53 Å². The van der Waals surface area contributed by atoms with Crippen LogP contribution in [0.1, 0.15) is 46.5 Å². The molecule has 122 valence electrons. The molecule has 0 aromatic carbocycles. The number of carbonyl (C=O) groups excluding carboxylic acids is 1. The van der Waals surface area contributed by atoms with Crippen LogP contribution < -0.4 is 10.6 Å². The number of urea groups is 1. The summed E-state index contributed by atoms with van der Waals surface area (Å²) in [5.74, 6) is 2.15. The first-order valence-corrected chi connectivity index (χ1v) is 9.42. The van der Waals surface area contributed by atoms with Crippen LogP contribution in [0.3, 0.4) is 0 Å². The number of amides is 2. The standard InChI is InChI=1S/C16H30N2O2S/c1-4-21-14-6-5-13(9-14)18-16(19)17-10-12-7-8-20-15(12)11(2)3/h11-15H,4-10H2,1-3H3,(H2,17,18,19)/t12-,13+,14-,15+/m1/s1. The van der Waals surface area contributed by atoms with E-state index in [2.05, 4.69) is 31.4 Å². The van der Waals surface area contributed by atoms with Gasteiger partial charge in [-0.15, -0.1) is 0 Å². The fourth-order valence-electron chi connectivity index (χ4n) is 3.53. The molecule has 2 fully saturated rings. The van der Waals surface area contributed by atoms with Crippen LogP contribution >= 0.6 is 11.8 Å². The second-order valence-electron chi connectivity index (χ2n) is 6.57. The van der Waals surface area contributed by atoms with Crippen molar-refractivity contribution in [2.45, 2.75) is 63.9 Å². The second kappa shape index (κ2) is 8.28. The molecule has 1 saturated heterocycles. The Morgan fingerprint density at radius 3 is 2.86 bits per heavy atom. The molecule has 1 aliphatic heterocycles. The summed E-state index contributed by atoms with van der Waals surface area (Å²) in [5, 5.41) is 6.91. The van der Waals surface area contributed by atoms with Crippen LogP contribution in [0.2, 0.25) is 0 Å². The number of hydrogen-bond acceptors (Lipinski definition) is 3. The Balaban J connectivity index is 1.66. The molecule has 0 bridgehead atoms. The van der Waals surface area contributed by atoms with Gasteiger partial charge in [-0.3, -0.25) is 0 Å². The molecule has 21 heavy (non-hydrogen) atoms. The number of nitrogens with one attached hydrogen (secondary N) is 2. The first-order valence-electron chi connectivity index (χ1n) is 8.37. The van der Waals surface area contributed by atoms with E-state index < -0.39 is 0 Å². The third-order valence-electron chi connectivity index (χ3n) is 4.57. The fourth-order valence-corrected chi connectivity index (χ4v) is 4.67. The normalized spacial score (nSPS) is 32.6. The maximum absolute atomic E-state index is 12.0. The molecule has 2 N–H and O–H groups in total. The van der Waals surface area contributed by atoms with Crippen molar-refractivity contribution in [2.75, 3.05) is 18.9 Å². The highest BCUT2D eigenvalue weighted by atomic mass is 32.2. The third kappa shape index (κ3) is 5.06. The van der Waals surface area contributed by atoms with Gasteiger partial charge >= 0.3 is 6.03 Å². The number of thioether (sulfide) groups is 1. The van der Waals surface area contributed by atoms with E-state index in [1.807, 2.05) is 11.8 Å². The van der Waals surface area contributed by atoms with E-state index >= 15 is 0 Å². The number of carbonyl (C=O) groups is 1. The van der Waals surface area contributed by atoms with Crippen LogP contribution in [-0.4, -0.2) is 42.3 Å². The Hall–Kier alpha value is -0.420.